The highest BCUT2D eigenvalue weighted by atomic mass is 19.1. The van der Waals surface area contributed by atoms with Crippen molar-refractivity contribution in [1.82, 2.24) is 20.1 Å². The highest BCUT2D eigenvalue weighted by Gasteiger charge is 2.34. The van der Waals surface area contributed by atoms with E-state index in [4.69, 9.17) is 0 Å². The van der Waals surface area contributed by atoms with E-state index < -0.39 is 0 Å². The van der Waals surface area contributed by atoms with Gasteiger partial charge in [0.05, 0.1) is 5.92 Å². The monoisotopic (exact) mass is 300 g/mol. The van der Waals surface area contributed by atoms with E-state index in [0.29, 0.717) is 11.9 Å². The number of aromatic nitrogens is 3. The number of hydrogen-bond donors (Lipinski definition) is 1. The third-order valence-electron chi connectivity index (χ3n) is 4.31. The summed E-state index contributed by atoms with van der Waals surface area (Å²) in [5.41, 5.74) is 0.823. The third-order valence-corrected chi connectivity index (χ3v) is 4.31. The Morgan fingerprint density at radius 2 is 1.95 bits per heavy atom. The molecule has 0 radical (unpaired) electrons. The minimum Gasteiger partial charge on any atom is -0.353 e. The Hall–Kier alpha value is -2.24. The Bertz CT molecular complexity index is 705. The summed E-state index contributed by atoms with van der Waals surface area (Å²) >= 11 is 0. The molecule has 114 valence electrons. The lowest BCUT2D eigenvalue weighted by Crippen LogP contribution is -2.34. The van der Waals surface area contributed by atoms with Gasteiger partial charge in [0.15, 0.2) is 5.82 Å². The highest BCUT2D eigenvalue weighted by molar-refractivity contribution is 5.83. The smallest absolute Gasteiger partial charge is 0.231 e. The zero-order valence-electron chi connectivity index (χ0n) is 12.1. The Morgan fingerprint density at radius 1 is 1.18 bits per heavy atom. The molecule has 22 heavy (non-hydrogen) atoms. The van der Waals surface area contributed by atoms with Crippen LogP contribution >= 0.6 is 0 Å². The van der Waals surface area contributed by atoms with E-state index in [2.05, 4.69) is 15.5 Å². The van der Waals surface area contributed by atoms with E-state index in [1.807, 2.05) is 4.57 Å². The Labute approximate surface area is 127 Å². The van der Waals surface area contributed by atoms with E-state index in [-0.39, 0.29) is 17.6 Å². The first-order valence-corrected chi connectivity index (χ1v) is 7.72. The molecule has 2 aromatic rings. The SMILES string of the molecule is O=C(NC1CC1)C1CCCn2c(-c3ccc(F)cc3)nnc21. The number of halogens is 1. The number of rotatable bonds is 3. The first-order chi connectivity index (χ1) is 10.7. The molecule has 4 rings (SSSR count). The van der Waals surface area contributed by atoms with E-state index in [0.717, 1.165) is 43.6 Å². The molecule has 1 fully saturated rings. The molecule has 1 aliphatic carbocycles. The predicted octanol–water partition coefficient (Wildman–Crippen LogP) is 2.24. The van der Waals surface area contributed by atoms with E-state index in [1.54, 1.807) is 12.1 Å². The second kappa shape index (κ2) is 5.19. The number of carbonyl (C=O) groups is 1. The van der Waals surface area contributed by atoms with Gasteiger partial charge < -0.3 is 9.88 Å². The fraction of sp³-hybridized carbons (Fsp3) is 0.438. The van der Waals surface area contributed by atoms with Crippen molar-refractivity contribution >= 4 is 5.91 Å². The van der Waals surface area contributed by atoms with Gasteiger partial charge in [0.25, 0.3) is 0 Å². The van der Waals surface area contributed by atoms with Gasteiger partial charge in [-0.2, -0.15) is 0 Å². The van der Waals surface area contributed by atoms with Crippen molar-refractivity contribution in [3.63, 3.8) is 0 Å². The van der Waals surface area contributed by atoms with Crippen LogP contribution in [0, 0.1) is 5.82 Å². The quantitative estimate of drug-likeness (QED) is 0.945. The standard InChI is InChI=1S/C16H17FN4O/c17-11-5-3-10(4-6-11)14-19-20-15-13(2-1-9-21(14)15)16(22)18-12-7-8-12/h3-6,12-13H,1-2,7-9H2,(H,18,22). The summed E-state index contributed by atoms with van der Waals surface area (Å²) < 4.78 is 15.1. The third kappa shape index (κ3) is 2.38. The molecule has 2 aliphatic rings. The van der Waals surface area contributed by atoms with E-state index in [1.165, 1.54) is 12.1 Å². The van der Waals surface area contributed by atoms with Crippen LogP contribution in [-0.4, -0.2) is 26.7 Å². The van der Waals surface area contributed by atoms with Crippen LogP contribution in [0.3, 0.4) is 0 Å². The molecule has 1 amide bonds. The largest absolute Gasteiger partial charge is 0.353 e. The summed E-state index contributed by atoms with van der Waals surface area (Å²) in [5, 5.41) is 11.5. The summed E-state index contributed by atoms with van der Waals surface area (Å²) in [6, 6.07) is 6.57. The summed E-state index contributed by atoms with van der Waals surface area (Å²) in [4.78, 5) is 12.4. The van der Waals surface area contributed by atoms with Crippen molar-refractivity contribution in [3.8, 4) is 11.4 Å². The van der Waals surface area contributed by atoms with E-state index in [9.17, 15) is 9.18 Å². The number of hydrogen-bond acceptors (Lipinski definition) is 3. The molecule has 0 bridgehead atoms. The fourth-order valence-electron chi connectivity index (χ4n) is 2.97. The van der Waals surface area contributed by atoms with Crippen LogP contribution in [0.25, 0.3) is 11.4 Å². The maximum Gasteiger partial charge on any atom is 0.231 e. The van der Waals surface area contributed by atoms with Crippen molar-refractivity contribution in [1.29, 1.82) is 0 Å². The van der Waals surface area contributed by atoms with Gasteiger partial charge in [0.2, 0.25) is 5.91 Å². The topological polar surface area (TPSA) is 59.8 Å². The maximum atomic E-state index is 13.1. The van der Waals surface area contributed by atoms with Crippen molar-refractivity contribution in [3.05, 3.63) is 35.9 Å². The van der Waals surface area contributed by atoms with Crippen molar-refractivity contribution < 1.29 is 9.18 Å². The van der Waals surface area contributed by atoms with Crippen LogP contribution < -0.4 is 5.32 Å². The van der Waals surface area contributed by atoms with Gasteiger partial charge in [-0.1, -0.05) is 0 Å². The molecule has 1 saturated carbocycles. The zero-order valence-corrected chi connectivity index (χ0v) is 12.1. The van der Waals surface area contributed by atoms with Crippen LogP contribution in [0.1, 0.15) is 37.4 Å². The van der Waals surface area contributed by atoms with E-state index >= 15 is 0 Å². The lowest BCUT2D eigenvalue weighted by Gasteiger charge is -2.23. The molecular formula is C16H17FN4O. The predicted molar refractivity (Wildman–Crippen MR) is 78.6 cm³/mol. The average Bonchev–Trinajstić information content (AvgIpc) is 3.23. The number of benzene rings is 1. The molecule has 1 atom stereocenters. The average molecular weight is 300 g/mol. The Balaban J connectivity index is 1.65. The molecule has 1 N–H and O–H groups in total. The zero-order chi connectivity index (χ0) is 15.1. The van der Waals surface area contributed by atoms with Gasteiger partial charge in [-0.15, -0.1) is 10.2 Å². The first-order valence-electron chi connectivity index (χ1n) is 7.72. The molecule has 1 unspecified atom stereocenters. The van der Waals surface area contributed by atoms with Crippen LogP contribution in [-0.2, 0) is 11.3 Å². The molecule has 5 nitrogen and oxygen atoms in total. The molecular weight excluding hydrogens is 283 g/mol. The van der Waals surface area contributed by atoms with Crippen molar-refractivity contribution in [2.45, 2.75) is 44.2 Å². The normalized spacial score (nSPS) is 20.5. The van der Waals surface area contributed by atoms with Gasteiger partial charge in [-0.3, -0.25) is 4.79 Å². The van der Waals surface area contributed by atoms with Crippen LogP contribution in [0.4, 0.5) is 4.39 Å². The molecule has 1 aliphatic heterocycles. The molecule has 2 heterocycles. The number of nitrogens with zero attached hydrogens (tertiary/aromatic N) is 3. The number of carbonyl (C=O) groups excluding carboxylic acids is 1. The first kappa shape index (κ1) is 13.4. The Kier molecular flexibility index (Phi) is 3.17. The van der Waals surface area contributed by atoms with Crippen molar-refractivity contribution in [2.24, 2.45) is 0 Å². The number of fused-ring (bicyclic) bond motifs is 1. The molecule has 0 spiro atoms. The van der Waals surface area contributed by atoms with Gasteiger partial charge in [0.1, 0.15) is 11.6 Å². The minimum absolute atomic E-state index is 0.0570. The Morgan fingerprint density at radius 3 is 2.68 bits per heavy atom. The lowest BCUT2D eigenvalue weighted by molar-refractivity contribution is -0.123. The summed E-state index contributed by atoms with van der Waals surface area (Å²) in [5.74, 6) is 0.990. The second-order valence-electron chi connectivity index (χ2n) is 6.02. The van der Waals surface area contributed by atoms with Gasteiger partial charge >= 0.3 is 0 Å². The minimum atomic E-state index is -0.274. The fourth-order valence-corrected chi connectivity index (χ4v) is 2.97. The second-order valence-corrected chi connectivity index (χ2v) is 6.02. The van der Waals surface area contributed by atoms with Gasteiger partial charge in [-0.05, 0) is 49.9 Å². The van der Waals surface area contributed by atoms with Gasteiger partial charge in [0, 0.05) is 18.2 Å². The van der Waals surface area contributed by atoms with Crippen LogP contribution in [0.5, 0.6) is 0 Å². The number of nitrogens with one attached hydrogen (secondary N) is 1. The molecule has 1 aromatic heterocycles. The molecule has 0 saturated heterocycles. The van der Waals surface area contributed by atoms with Crippen LogP contribution in [0.2, 0.25) is 0 Å². The van der Waals surface area contributed by atoms with Crippen molar-refractivity contribution in [2.75, 3.05) is 0 Å². The highest BCUT2D eigenvalue weighted by Crippen LogP contribution is 2.31. The lowest BCUT2D eigenvalue weighted by atomic mass is 9.97. The summed E-state index contributed by atoms with van der Waals surface area (Å²) in [6.07, 6.45) is 3.88. The summed E-state index contributed by atoms with van der Waals surface area (Å²) in [7, 11) is 0. The van der Waals surface area contributed by atoms with Gasteiger partial charge in [-0.25, -0.2) is 4.39 Å². The number of amides is 1. The molecule has 6 heteroatoms. The maximum absolute atomic E-state index is 13.1. The summed E-state index contributed by atoms with van der Waals surface area (Å²) in [6.45, 7) is 0.794. The van der Waals surface area contributed by atoms with Crippen LogP contribution in [0.15, 0.2) is 24.3 Å². The molecule has 1 aromatic carbocycles.